The smallest absolute Gasteiger partial charge is 0.220 e. The minimum atomic E-state index is -0.411. The Kier molecular flexibility index (Phi) is 2.85. The van der Waals surface area contributed by atoms with E-state index < -0.39 is 6.04 Å². The van der Waals surface area contributed by atoms with E-state index in [9.17, 15) is 9.59 Å². The molecule has 0 spiro atoms. The lowest BCUT2D eigenvalue weighted by molar-refractivity contribution is -0.121. The minimum Gasteiger partial charge on any atom is -0.461 e. The fourth-order valence-electron chi connectivity index (χ4n) is 1.76. The van der Waals surface area contributed by atoms with Crippen LogP contribution in [0.25, 0.3) is 0 Å². The predicted molar refractivity (Wildman–Crippen MR) is 53.4 cm³/mol. The molecule has 4 nitrogen and oxygen atoms in total. The summed E-state index contributed by atoms with van der Waals surface area (Å²) in [6.07, 6.45) is 4.43. The Balaban J connectivity index is 2.09. The summed E-state index contributed by atoms with van der Waals surface area (Å²) in [6.45, 7) is 0. The van der Waals surface area contributed by atoms with E-state index in [0.29, 0.717) is 18.6 Å². The second-order valence-electron chi connectivity index (χ2n) is 3.71. The van der Waals surface area contributed by atoms with Gasteiger partial charge in [-0.1, -0.05) is 6.42 Å². The van der Waals surface area contributed by atoms with Crippen LogP contribution < -0.4 is 5.32 Å². The van der Waals surface area contributed by atoms with Crippen LogP contribution in [0.4, 0.5) is 0 Å². The summed E-state index contributed by atoms with van der Waals surface area (Å²) in [5, 5.41) is 2.72. The molecule has 1 aromatic heterocycles. The molecule has 0 aromatic carbocycles. The third-order valence-corrected chi connectivity index (χ3v) is 2.56. The van der Waals surface area contributed by atoms with E-state index in [0.717, 1.165) is 12.8 Å². The molecule has 1 aliphatic heterocycles. The number of carbonyl (C=O) groups is 2. The molecule has 2 rings (SSSR count). The van der Waals surface area contributed by atoms with Gasteiger partial charge in [0.1, 0.15) is 0 Å². The molecule has 1 atom stereocenters. The summed E-state index contributed by atoms with van der Waals surface area (Å²) in [5.41, 5.74) is 0. The van der Waals surface area contributed by atoms with Gasteiger partial charge in [0, 0.05) is 6.42 Å². The van der Waals surface area contributed by atoms with Crippen LogP contribution >= 0.6 is 0 Å². The second kappa shape index (κ2) is 4.29. The Morgan fingerprint density at radius 1 is 1.47 bits per heavy atom. The van der Waals surface area contributed by atoms with Gasteiger partial charge in [-0.2, -0.15) is 0 Å². The zero-order valence-electron chi connectivity index (χ0n) is 8.36. The van der Waals surface area contributed by atoms with Crippen molar-refractivity contribution in [3.05, 3.63) is 24.2 Å². The van der Waals surface area contributed by atoms with Crippen LogP contribution in [-0.2, 0) is 4.79 Å². The molecular weight excluding hydrogens is 194 g/mol. The molecule has 0 bridgehead atoms. The van der Waals surface area contributed by atoms with Crippen molar-refractivity contribution in [2.24, 2.45) is 0 Å². The number of hydrogen-bond acceptors (Lipinski definition) is 3. The number of rotatable bonds is 2. The average Bonchev–Trinajstić information content (AvgIpc) is 2.67. The molecule has 1 aliphatic rings. The van der Waals surface area contributed by atoms with E-state index in [4.69, 9.17) is 4.42 Å². The Morgan fingerprint density at radius 2 is 2.33 bits per heavy atom. The molecule has 15 heavy (non-hydrogen) atoms. The minimum absolute atomic E-state index is 0.0441. The number of Topliss-reactive ketones (excluding diaryl/α,β-unsaturated/α-hetero) is 1. The first-order valence-corrected chi connectivity index (χ1v) is 5.14. The quantitative estimate of drug-likeness (QED) is 0.748. The standard InChI is InChI=1S/C11H13NO3/c13-10-6-2-1-4-8(12-10)11(14)9-5-3-7-15-9/h3,5,7-8H,1-2,4,6H2,(H,12,13). The van der Waals surface area contributed by atoms with Gasteiger partial charge in [0.25, 0.3) is 0 Å². The molecule has 0 aliphatic carbocycles. The zero-order valence-corrected chi connectivity index (χ0v) is 8.36. The van der Waals surface area contributed by atoms with Crippen LogP contribution in [0.3, 0.4) is 0 Å². The Morgan fingerprint density at radius 3 is 3.07 bits per heavy atom. The van der Waals surface area contributed by atoms with Gasteiger partial charge in [-0.15, -0.1) is 0 Å². The third kappa shape index (κ3) is 2.26. The molecule has 1 unspecified atom stereocenters. The molecule has 4 heteroatoms. The normalized spacial score (nSPS) is 21.9. The molecule has 2 heterocycles. The number of carbonyl (C=O) groups excluding carboxylic acids is 2. The summed E-state index contributed by atoms with van der Waals surface area (Å²) in [4.78, 5) is 23.1. The lowest BCUT2D eigenvalue weighted by atomic mass is 10.1. The molecule has 1 saturated heterocycles. The molecule has 0 saturated carbocycles. The van der Waals surface area contributed by atoms with Crippen LogP contribution in [-0.4, -0.2) is 17.7 Å². The number of furan rings is 1. The summed E-state index contributed by atoms with van der Waals surface area (Å²) in [7, 11) is 0. The second-order valence-corrected chi connectivity index (χ2v) is 3.71. The largest absolute Gasteiger partial charge is 0.461 e. The van der Waals surface area contributed by atoms with Crippen molar-refractivity contribution in [3.8, 4) is 0 Å². The van der Waals surface area contributed by atoms with Crippen LogP contribution in [0.1, 0.15) is 36.2 Å². The summed E-state index contributed by atoms with van der Waals surface area (Å²) in [6, 6.07) is 2.89. The summed E-state index contributed by atoms with van der Waals surface area (Å²) in [5.74, 6) is 0.148. The highest BCUT2D eigenvalue weighted by molar-refractivity contribution is 5.99. The molecule has 1 N–H and O–H groups in total. The van der Waals surface area contributed by atoms with Gasteiger partial charge < -0.3 is 9.73 Å². The highest BCUT2D eigenvalue weighted by Crippen LogP contribution is 2.14. The molecule has 1 fully saturated rings. The first kappa shape index (κ1) is 9.96. The van der Waals surface area contributed by atoms with Gasteiger partial charge in [0.05, 0.1) is 12.3 Å². The van der Waals surface area contributed by atoms with Crippen LogP contribution in [0.2, 0.25) is 0 Å². The van der Waals surface area contributed by atoms with Crippen molar-refractivity contribution >= 4 is 11.7 Å². The van der Waals surface area contributed by atoms with Gasteiger partial charge in [-0.05, 0) is 25.0 Å². The van der Waals surface area contributed by atoms with Gasteiger partial charge in [-0.25, -0.2) is 0 Å². The maximum Gasteiger partial charge on any atom is 0.220 e. The molecule has 1 aromatic rings. The first-order chi connectivity index (χ1) is 7.27. The Labute approximate surface area is 87.6 Å². The maximum atomic E-state index is 11.9. The first-order valence-electron chi connectivity index (χ1n) is 5.14. The molecule has 1 amide bonds. The van der Waals surface area contributed by atoms with Gasteiger partial charge >= 0.3 is 0 Å². The van der Waals surface area contributed by atoms with E-state index in [1.165, 1.54) is 6.26 Å². The van der Waals surface area contributed by atoms with Gasteiger partial charge in [0.2, 0.25) is 11.7 Å². The van der Waals surface area contributed by atoms with Crippen molar-refractivity contribution in [1.29, 1.82) is 0 Å². The zero-order chi connectivity index (χ0) is 10.7. The van der Waals surface area contributed by atoms with Crippen molar-refractivity contribution in [3.63, 3.8) is 0 Å². The van der Waals surface area contributed by atoms with Crippen molar-refractivity contribution < 1.29 is 14.0 Å². The summed E-state index contributed by atoms with van der Waals surface area (Å²) >= 11 is 0. The van der Waals surface area contributed by atoms with E-state index >= 15 is 0 Å². The Bertz CT molecular complexity index is 356. The lowest BCUT2D eigenvalue weighted by Gasteiger charge is -2.12. The lowest BCUT2D eigenvalue weighted by Crippen LogP contribution is -2.39. The van der Waals surface area contributed by atoms with E-state index in [1.807, 2.05) is 0 Å². The topological polar surface area (TPSA) is 59.3 Å². The number of ketones is 1. The van der Waals surface area contributed by atoms with Gasteiger partial charge in [0.15, 0.2) is 5.76 Å². The van der Waals surface area contributed by atoms with Crippen LogP contribution in [0, 0.1) is 0 Å². The third-order valence-electron chi connectivity index (χ3n) is 2.56. The average molecular weight is 207 g/mol. The highest BCUT2D eigenvalue weighted by atomic mass is 16.3. The van der Waals surface area contributed by atoms with Crippen LogP contribution in [0.15, 0.2) is 22.8 Å². The van der Waals surface area contributed by atoms with E-state index in [1.54, 1.807) is 12.1 Å². The fourth-order valence-corrected chi connectivity index (χ4v) is 1.76. The van der Waals surface area contributed by atoms with E-state index in [2.05, 4.69) is 5.32 Å². The fraction of sp³-hybridized carbons (Fsp3) is 0.455. The van der Waals surface area contributed by atoms with Crippen molar-refractivity contribution in [2.75, 3.05) is 0 Å². The SMILES string of the molecule is O=C1CCCCC(C(=O)c2ccco2)N1. The predicted octanol–water partition coefficient (Wildman–Crippen LogP) is 1.52. The molecule has 80 valence electrons. The Hall–Kier alpha value is -1.58. The van der Waals surface area contributed by atoms with Crippen molar-refractivity contribution in [2.45, 2.75) is 31.7 Å². The van der Waals surface area contributed by atoms with E-state index in [-0.39, 0.29) is 11.7 Å². The maximum absolute atomic E-state index is 11.9. The summed E-state index contributed by atoms with van der Waals surface area (Å²) < 4.78 is 5.02. The number of amides is 1. The highest BCUT2D eigenvalue weighted by Gasteiger charge is 2.25. The molecule has 0 radical (unpaired) electrons. The number of hydrogen-bond donors (Lipinski definition) is 1. The monoisotopic (exact) mass is 207 g/mol. The molecular formula is C11H13NO3. The van der Waals surface area contributed by atoms with Crippen molar-refractivity contribution in [1.82, 2.24) is 5.32 Å². The van der Waals surface area contributed by atoms with Gasteiger partial charge in [-0.3, -0.25) is 9.59 Å². The van der Waals surface area contributed by atoms with Crippen LogP contribution in [0.5, 0.6) is 0 Å². The number of nitrogens with one attached hydrogen (secondary N) is 1.